The molecule has 24 heavy (non-hydrogen) atoms. The third-order valence-corrected chi connectivity index (χ3v) is 4.90. The molecule has 122 valence electrons. The van der Waals surface area contributed by atoms with Crippen LogP contribution in [0.4, 0.5) is 4.39 Å². The topological polar surface area (TPSA) is 43.8 Å². The molecule has 3 nitrogen and oxygen atoms in total. The molecule has 0 saturated heterocycles. The molecular formula is C20H20FN3. The van der Waals surface area contributed by atoms with Gasteiger partial charge in [-0.3, -0.25) is 4.68 Å². The van der Waals surface area contributed by atoms with E-state index in [9.17, 15) is 4.39 Å². The van der Waals surface area contributed by atoms with Gasteiger partial charge in [-0.25, -0.2) is 4.39 Å². The highest BCUT2D eigenvalue weighted by Crippen LogP contribution is 2.42. The number of halogens is 1. The summed E-state index contributed by atoms with van der Waals surface area (Å²) in [6.07, 6.45) is 4.40. The van der Waals surface area contributed by atoms with Crippen LogP contribution >= 0.6 is 0 Å². The Bertz CT molecular complexity index is 876. The van der Waals surface area contributed by atoms with Gasteiger partial charge < -0.3 is 5.73 Å². The zero-order valence-electron chi connectivity index (χ0n) is 13.7. The summed E-state index contributed by atoms with van der Waals surface area (Å²) in [4.78, 5) is 0. The van der Waals surface area contributed by atoms with Crippen LogP contribution in [0.25, 0.3) is 22.4 Å². The number of hydrogen-bond acceptors (Lipinski definition) is 2. The molecular weight excluding hydrogens is 301 g/mol. The molecule has 0 radical (unpaired) electrons. The van der Waals surface area contributed by atoms with Crippen LogP contribution in [-0.2, 0) is 12.1 Å². The summed E-state index contributed by atoms with van der Waals surface area (Å²) in [7, 11) is 0. The quantitative estimate of drug-likeness (QED) is 0.777. The minimum atomic E-state index is -0.228. The second kappa shape index (κ2) is 5.56. The maximum Gasteiger partial charge on any atom is 0.123 e. The molecule has 2 aromatic carbocycles. The lowest BCUT2D eigenvalue weighted by Gasteiger charge is -2.11. The Hall–Kier alpha value is -2.46. The number of hydrogen-bond donors (Lipinski definition) is 1. The van der Waals surface area contributed by atoms with Crippen molar-refractivity contribution >= 4 is 0 Å². The Labute approximate surface area is 140 Å². The highest BCUT2D eigenvalue weighted by molar-refractivity contribution is 5.73. The monoisotopic (exact) mass is 321 g/mol. The van der Waals surface area contributed by atoms with Crippen LogP contribution in [0.3, 0.4) is 0 Å². The van der Waals surface area contributed by atoms with Crippen molar-refractivity contribution in [3.8, 4) is 22.4 Å². The van der Waals surface area contributed by atoms with Crippen molar-refractivity contribution < 1.29 is 4.39 Å². The van der Waals surface area contributed by atoms with Crippen LogP contribution in [0.1, 0.15) is 25.3 Å². The van der Waals surface area contributed by atoms with Crippen molar-refractivity contribution in [2.24, 2.45) is 5.73 Å². The normalized spacial score (nSPS) is 15.5. The Morgan fingerprint density at radius 2 is 1.79 bits per heavy atom. The van der Waals surface area contributed by atoms with E-state index in [0.29, 0.717) is 6.54 Å². The lowest BCUT2D eigenvalue weighted by molar-refractivity contribution is 0.474. The number of nitrogens with zero attached hydrogens (tertiary/aromatic N) is 2. The molecule has 3 aromatic rings. The molecule has 0 spiro atoms. The largest absolute Gasteiger partial charge is 0.326 e. The smallest absolute Gasteiger partial charge is 0.123 e. The Balaban J connectivity index is 1.77. The number of benzene rings is 2. The van der Waals surface area contributed by atoms with Gasteiger partial charge in [0, 0.05) is 18.3 Å². The Morgan fingerprint density at radius 1 is 1.08 bits per heavy atom. The van der Waals surface area contributed by atoms with E-state index in [2.05, 4.69) is 17.7 Å². The molecule has 1 fully saturated rings. The van der Waals surface area contributed by atoms with E-state index in [1.165, 1.54) is 25.0 Å². The summed E-state index contributed by atoms with van der Waals surface area (Å²) in [5, 5.41) is 4.77. The van der Waals surface area contributed by atoms with Gasteiger partial charge in [-0.1, -0.05) is 24.3 Å². The predicted octanol–water partition coefficient (Wildman–Crippen LogP) is 4.32. The summed E-state index contributed by atoms with van der Waals surface area (Å²) in [6, 6.07) is 14.7. The van der Waals surface area contributed by atoms with Crippen LogP contribution in [-0.4, -0.2) is 9.78 Å². The van der Waals surface area contributed by atoms with Crippen LogP contribution in [0.2, 0.25) is 0 Å². The molecule has 0 aliphatic heterocycles. The predicted molar refractivity (Wildman–Crippen MR) is 93.8 cm³/mol. The van der Waals surface area contributed by atoms with E-state index in [1.807, 2.05) is 24.4 Å². The average molecular weight is 321 g/mol. The lowest BCUT2D eigenvalue weighted by atomic mass is 9.97. The van der Waals surface area contributed by atoms with Crippen molar-refractivity contribution in [3.63, 3.8) is 0 Å². The first-order valence-corrected chi connectivity index (χ1v) is 8.24. The van der Waals surface area contributed by atoms with Crippen molar-refractivity contribution in [2.75, 3.05) is 0 Å². The third kappa shape index (κ3) is 2.63. The summed E-state index contributed by atoms with van der Waals surface area (Å²) < 4.78 is 15.2. The second-order valence-corrected chi connectivity index (χ2v) is 6.73. The number of aromatic nitrogens is 2. The molecule has 4 heteroatoms. The van der Waals surface area contributed by atoms with Crippen molar-refractivity contribution in [3.05, 3.63) is 66.1 Å². The summed E-state index contributed by atoms with van der Waals surface area (Å²) in [5.74, 6) is -0.228. The van der Waals surface area contributed by atoms with E-state index < -0.39 is 0 Å². The van der Waals surface area contributed by atoms with Gasteiger partial charge >= 0.3 is 0 Å². The molecule has 4 rings (SSSR count). The van der Waals surface area contributed by atoms with Gasteiger partial charge in [0.2, 0.25) is 0 Å². The lowest BCUT2D eigenvalue weighted by Crippen LogP contribution is -2.12. The molecule has 2 N–H and O–H groups in total. The molecule has 1 aromatic heterocycles. The molecule has 1 saturated carbocycles. The summed E-state index contributed by atoms with van der Waals surface area (Å²) in [6.45, 7) is 2.69. The maximum atomic E-state index is 13.2. The van der Waals surface area contributed by atoms with Gasteiger partial charge in [0.1, 0.15) is 5.82 Å². The van der Waals surface area contributed by atoms with Gasteiger partial charge in [0.05, 0.1) is 11.2 Å². The van der Waals surface area contributed by atoms with Crippen LogP contribution < -0.4 is 5.73 Å². The first kappa shape index (κ1) is 15.1. The van der Waals surface area contributed by atoms with Gasteiger partial charge in [-0.05, 0) is 60.7 Å². The van der Waals surface area contributed by atoms with E-state index in [-0.39, 0.29) is 11.4 Å². The van der Waals surface area contributed by atoms with Crippen molar-refractivity contribution in [1.82, 2.24) is 9.78 Å². The first-order valence-electron chi connectivity index (χ1n) is 8.24. The highest BCUT2D eigenvalue weighted by atomic mass is 19.1. The van der Waals surface area contributed by atoms with E-state index in [4.69, 9.17) is 10.8 Å². The fraction of sp³-hybridized carbons (Fsp3) is 0.250. The molecule has 1 aliphatic rings. The third-order valence-electron chi connectivity index (χ3n) is 4.90. The second-order valence-electron chi connectivity index (χ2n) is 6.73. The van der Waals surface area contributed by atoms with E-state index >= 15 is 0 Å². The molecule has 1 heterocycles. The van der Waals surface area contributed by atoms with Gasteiger partial charge in [-0.15, -0.1) is 0 Å². The molecule has 0 amide bonds. The van der Waals surface area contributed by atoms with Crippen LogP contribution in [0.5, 0.6) is 0 Å². The van der Waals surface area contributed by atoms with Gasteiger partial charge in [-0.2, -0.15) is 5.10 Å². The zero-order valence-corrected chi connectivity index (χ0v) is 13.7. The molecule has 0 unspecified atom stereocenters. The fourth-order valence-electron chi connectivity index (χ4n) is 2.99. The Morgan fingerprint density at radius 3 is 2.46 bits per heavy atom. The fourth-order valence-corrected chi connectivity index (χ4v) is 2.99. The first-order chi connectivity index (χ1) is 11.6. The van der Waals surface area contributed by atoms with Crippen molar-refractivity contribution in [2.45, 2.75) is 31.8 Å². The zero-order chi connectivity index (χ0) is 16.7. The van der Waals surface area contributed by atoms with E-state index in [0.717, 1.165) is 27.9 Å². The van der Waals surface area contributed by atoms with Gasteiger partial charge in [0.15, 0.2) is 0 Å². The average Bonchev–Trinajstić information content (AvgIpc) is 3.16. The Kier molecular flexibility index (Phi) is 3.50. The standard InChI is InChI=1S/C20H20FN3/c1-20(9-10-20)24-11-8-19(23-24)18-12-15(2-3-16(18)13-22)14-4-6-17(21)7-5-14/h2-8,11-12H,9-10,13,22H2,1H3. The SMILES string of the molecule is CC1(n2ccc(-c3cc(-c4ccc(F)cc4)ccc3CN)n2)CC1. The molecule has 1 aliphatic carbocycles. The van der Waals surface area contributed by atoms with Crippen LogP contribution in [0, 0.1) is 5.82 Å². The number of rotatable bonds is 4. The maximum absolute atomic E-state index is 13.2. The highest BCUT2D eigenvalue weighted by Gasteiger charge is 2.40. The van der Waals surface area contributed by atoms with E-state index in [1.54, 1.807) is 12.1 Å². The molecule has 0 atom stereocenters. The number of nitrogens with two attached hydrogens (primary N) is 1. The van der Waals surface area contributed by atoms with Crippen molar-refractivity contribution in [1.29, 1.82) is 0 Å². The summed E-state index contributed by atoms with van der Waals surface area (Å²) >= 11 is 0. The van der Waals surface area contributed by atoms with Gasteiger partial charge in [0.25, 0.3) is 0 Å². The minimum absolute atomic E-state index is 0.176. The summed E-state index contributed by atoms with van der Waals surface area (Å²) in [5.41, 5.74) is 11.2. The van der Waals surface area contributed by atoms with Crippen LogP contribution in [0.15, 0.2) is 54.7 Å². The molecule has 0 bridgehead atoms. The minimum Gasteiger partial charge on any atom is -0.326 e.